The second kappa shape index (κ2) is 2.87. The second-order valence-electron chi connectivity index (χ2n) is 2.97. The number of rotatable bonds is 0. The van der Waals surface area contributed by atoms with Crippen molar-refractivity contribution in [1.82, 2.24) is 0 Å². The maximum Gasteiger partial charge on any atom is 0.0352 e. The van der Waals surface area contributed by atoms with Crippen LogP contribution < -0.4 is 0 Å². The van der Waals surface area contributed by atoms with Crippen LogP contribution in [-0.4, -0.2) is 0 Å². The number of allylic oxidation sites excluding steroid dienone is 1. The normalized spacial score (nSPS) is 12.8. The minimum atomic E-state index is 0.884. The summed E-state index contributed by atoms with van der Waals surface area (Å²) >= 11 is 0. The summed E-state index contributed by atoms with van der Waals surface area (Å²) in [6.07, 6.45) is 4.89. The molecule has 0 aromatic heterocycles. The van der Waals surface area contributed by atoms with Crippen LogP contribution in [0.2, 0.25) is 0 Å². The maximum atomic E-state index is 3.11. The molecule has 1 aliphatic rings. The Bertz CT molecular complexity index is 386. The summed E-state index contributed by atoms with van der Waals surface area (Å²) in [6.45, 7) is 2.14. The lowest BCUT2D eigenvalue weighted by Crippen LogP contribution is -1.90. The van der Waals surface area contributed by atoms with Crippen LogP contribution in [0.1, 0.15) is 16.7 Å². The molecule has 58 valence electrons. The van der Waals surface area contributed by atoms with Gasteiger partial charge in [-0.25, -0.2) is 0 Å². The molecular formula is C12H10. The van der Waals surface area contributed by atoms with Crippen molar-refractivity contribution in [3.05, 3.63) is 41.0 Å². The van der Waals surface area contributed by atoms with Gasteiger partial charge in [0.25, 0.3) is 0 Å². The Labute approximate surface area is 72.9 Å². The Morgan fingerprint density at radius 3 is 3.17 bits per heavy atom. The third-order valence-corrected chi connectivity index (χ3v) is 2.16. The summed E-state index contributed by atoms with van der Waals surface area (Å²) in [7, 11) is 0. The number of fused-ring (bicyclic) bond motifs is 1. The molecule has 0 N–H and O–H groups in total. The molecule has 0 heterocycles. The molecule has 0 bridgehead atoms. The molecule has 1 aliphatic carbocycles. The smallest absolute Gasteiger partial charge is 0.0352 e. The van der Waals surface area contributed by atoms with Crippen LogP contribution in [-0.2, 0) is 6.42 Å². The van der Waals surface area contributed by atoms with E-state index in [9.17, 15) is 0 Å². The first kappa shape index (κ1) is 7.18. The van der Waals surface area contributed by atoms with Crippen LogP contribution in [0.15, 0.2) is 24.3 Å². The summed E-state index contributed by atoms with van der Waals surface area (Å²) in [6, 6.07) is 6.36. The lowest BCUT2D eigenvalue weighted by atomic mass is 10.00. The topological polar surface area (TPSA) is 0 Å². The van der Waals surface area contributed by atoms with Gasteiger partial charge in [0.1, 0.15) is 0 Å². The molecule has 1 aromatic carbocycles. The van der Waals surface area contributed by atoms with E-state index in [2.05, 4.69) is 43.0 Å². The van der Waals surface area contributed by atoms with Gasteiger partial charge < -0.3 is 0 Å². The molecule has 2 rings (SSSR count). The van der Waals surface area contributed by atoms with E-state index >= 15 is 0 Å². The highest BCUT2D eigenvalue weighted by Crippen LogP contribution is 2.17. The molecule has 0 radical (unpaired) electrons. The minimum absolute atomic E-state index is 0.884. The molecule has 12 heavy (non-hydrogen) atoms. The predicted octanol–water partition coefficient (Wildman–Crippen LogP) is 2.57. The monoisotopic (exact) mass is 154 g/mol. The maximum absolute atomic E-state index is 3.11. The van der Waals surface area contributed by atoms with Gasteiger partial charge in [0.15, 0.2) is 0 Å². The molecule has 0 aliphatic heterocycles. The molecule has 0 unspecified atom stereocenters. The summed E-state index contributed by atoms with van der Waals surface area (Å²) in [5.41, 5.74) is 4.01. The van der Waals surface area contributed by atoms with Gasteiger partial charge in [-0.15, -0.1) is 0 Å². The standard InChI is InChI=1S/C12H10/c1-10-6-5-8-11-7-3-2-4-9-12(10)11/h3,5-8H,9H2,1H3. The largest absolute Gasteiger partial charge is 0.0937 e. The molecule has 0 saturated heterocycles. The number of benzene rings is 1. The molecule has 0 spiro atoms. The quantitative estimate of drug-likeness (QED) is 0.504. The fourth-order valence-corrected chi connectivity index (χ4v) is 1.45. The van der Waals surface area contributed by atoms with Gasteiger partial charge in [-0.3, -0.25) is 0 Å². The van der Waals surface area contributed by atoms with Crippen LogP contribution in [0.25, 0.3) is 6.08 Å². The van der Waals surface area contributed by atoms with Crippen molar-refractivity contribution in [2.75, 3.05) is 0 Å². The van der Waals surface area contributed by atoms with Gasteiger partial charge in [-0.1, -0.05) is 30.0 Å². The zero-order valence-corrected chi connectivity index (χ0v) is 7.09. The lowest BCUT2D eigenvalue weighted by molar-refractivity contribution is 1.24. The zero-order chi connectivity index (χ0) is 8.39. The van der Waals surface area contributed by atoms with E-state index in [0.29, 0.717) is 0 Å². The van der Waals surface area contributed by atoms with Gasteiger partial charge in [-0.2, -0.15) is 0 Å². The van der Waals surface area contributed by atoms with E-state index in [1.807, 2.05) is 6.08 Å². The van der Waals surface area contributed by atoms with Gasteiger partial charge >= 0.3 is 0 Å². The molecule has 0 nitrogen and oxygen atoms in total. The van der Waals surface area contributed by atoms with Crippen molar-refractivity contribution < 1.29 is 0 Å². The van der Waals surface area contributed by atoms with Crippen LogP contribution in [0, 0.1) is 18.8 Å². The molecular weight excluding hydrogens is 144 g/mol. The van der Waals surface area contributed by atoms with E-state index in [4.69, 9.17) is 0 Å². The lowest BCUT2D eigenvalue weighted by Gasteiger charge is -2.04. The molecule has 0 atom stereocenters. The average Bonchev–Trinajstić information content (AvgIpc) is 2.30. The number of hydrogen-bond donors (Lipinski definition) is 0. The van der Waals surface area contributed by atoms with Gasteiger partial charge in [-0.05, 0) is 35.8 Å². The van der Waals surface area contributed by atoms with E-state index in [1.54, 1.807) is 0 Å². The molecule has 1 aromatic rings. The number of aryl methyl sites for hydroxylation is 1. The Morgan fingerprint density at radius 1 is 1.33 bits per heavy atom. The van der Waals surface area contributed by atoms with Crippen molar-refractivity contribution in [2.24, 2.45) is 0 Å². The molecule has 0 amide bonds. The first-order chi connectivity index (χ1) is 5.88. The molecule has 0 fully saturated rings. The Hall–Kier alpha value is -1.48. The summed E-state index contributed by atoms with van der Waals surface area (Å²) in [5, 5.41) is 0. The molecule has 0 heteroatoms. The molecule has 0 saturated carbocycles. The van der Waals surface area contributed by atoms with Crippen molar-refractivity contribution in [3.8, 4) is 11.8 Å². The summed E-state index contributed by atoms with van der Waals surface area (Å²) in [4.78, 5) is 0. The van der Waals surface area contributed by atoms with Crippen LogP contribution in [0.5, 0.6) is 0 Å². The second-order valence-corrected chi connectivity index (χ2v) is 2.97. The third-order valence-electron chi connectivity index (χ3n) is 2.16. The van der Waals surface area contributed by atoms with E-state index < -0.39 is 0 Å². The van der Waals surface area contributed by atoms with Gasteiger partial charge in [0.2, 0.25) is 0 Å². The first-order valence-corrected chi connectivity index (χ1v) is 4.11. The number of hydrogen-bond acceptors (Lipinski definition) is 0. The SMILES string of the molecule is Cc1cccc2c1CC#CC=C2. The summed E-state index contributed by atoms with van der Waals surface area (Å²) in [5.74, 6) is 6.10. The first-order valence-electron chi connectivity index (χ1n) is 4.11. The van der Waals surface area contributed by atoms with Crippen molar-refractivity contribution in [1.29, 1.82) is 0 Å². The van der Waals surface area contributed by atoms with Crippen LogP contribution >= 0.6 is 0 Å². The fourth-order valence-electron chi connectivity index (χ4n) is 1.45. The zero-order valence-electron chi connectivity index (χ0n) is 7.09. The highest BCUT2D eigenvalue weighted by molar-refractivity contribution is 5.60. The predicted molar refractivity (Wildman–Crippen MR) is 51.7 cm³/mol. The van der Waals surface area contributed by atoms with E-state index in [0.717, 1.165) is 6.42 Å². The Morgan fingerprint density at radius 2 is 2.25 bits per heavy atom. The van der Waals surface area contributed by atoms with Crippen molar-refractivity contribution in [3.63, 3.8) is 0 Å². The van der Waals surface area contributed by atoms with Gasteiger partial charge in [0.05, 0.1) is 0 Å². The van der Waals surface area contributed by atoms with Gasteiger partial charge in [0, 0.05) is 6.42 Å². The Balaban J connectivity index is 2.62. The van der Waals surface area contributed by atoms with Crippen LogP contribution in [0.3, 0.4) is 0 Å². The van der Waals surface area contributed by atoms with Crippen LogP contribution in [0.4, 0.5) is 0 Å². The summed E-state index contributed by atoms with van der Waals surface area (Å²) < 4.78 is 0. The van der Waals surface area contributed by atoms with E-state index in [1.165, 1.54) is 16.7 Å². The highest BCUT2D eigenvalue weighted by atomic mass is 14.1. The Kier molecular flexibility index (Phi) is 1.72. The highest BCUT2D eigenvalue weighted by Gasteiger charge is 2.01. The van der Waals surface area contributed by atoms with E-state index in [-0.39, 0.29) is 0 Å². The van der Waals surface area contributed by atoms with Crippen molar-refractivity contribution >= 4 is 6.08 Å². The fraction of sp³-hybridized carbons (Fsp3) is 0.167. The minimum Gasteiger partial charge on any atom is -0.0937 e. The average molecular weight is 154 g/mol. The third kappa shape index (κ3) is 1.14. The van der Waals surface area contributed by atoms with Crippen molar-refractivity contribution in [2.45, 2.75) is 13.3 Å².